The fourth-order valence-electron chi connectivity index (χ4n) is 1.18. The predicted molar refractivity (Wildman–Crippen MR) is 58.6 cm³/mol. The van der Waals surface area contributed by atoms with Crippen LogP contribution in [0.15, 0.2) is 6.07 Å². The number of nitrogens with zero attached hydrogens (tertiary/aromatic N) is 2. The molecular formula is C10H13F3N4O. The first-order valence-electron chi connectivity index (χ1n) is 5.17. The molecule has 0 aliphatic rings. The molecule has 0 bridgehead atoms. The Morgan fingerprint density at radius 3 is 2.67 bits per heavy atom. The lowest BCUT2D eigenvalue weighted by Gasteiger charge is -2.08. The zero-order valence-electron chi connectivity index (χ0n) is 9.71. The Balaban J connectivity index is 2.55. The second-order valence-electron chi connectivity index (χ2n) is 3.66. The molecule has 1 rings (SSSR count). The Labute approximate surface area is 102 Å². The summed E-state index contributed by atoms with van der Waals surface area (Å²) in [4.78, 5) is 7.69. The van der Waals surface area contributed by atoms with E-state index in [-0.39, 0.29) is 30.6 Å². The van der Waals surface area contributed by atoms with Gasteiger partial charge in [-0.3, -0.25) is 5.41 Å². The molecule has 18 heavy (non-hydrogen) atoms. The molecule has 0 amide bonds. The van der Waals surface area contributed by atoms with E-state index in [2.05, 4.69) is 9.97 Å². The van der Waals surface area contributed by atoms with Gasteiger partial charge in [-0.2, -0.15) is 18.2 Å². The highest BCUT2D eigenvalue weighted by atomic mass is 19.4. The molecule has 0 saturated carbocycles. The second-order valence-corrected chi connectivity index (χ2v) is 3.66. The van der Waals surface area contributed by atoms with Gasteiger partial charge in [-0.05, 0) is 19.4 Å². The average molecular weight is 262 g/mol. The van der Waals surface area contributed by atoms with Crippen LogP contribution in [0.4, 0.5) is 13.2 Å². The Kier molecular flexibility index (Phi) is 4.46. The molecule has 100 valence electrons. The minimum Gasteiger partial charge on any atom is -0.463 e. The minimum atomic E-state index is -4.19. The lowest BCUT2D eigenvalue weighted by atomic mass is 10.3. The van der Waals surface area contributed by atoms with Gasteiger partial charge in [0.05, 0.1) is 6.61 Å². The lowest BCUT2D eigenvalue weighted by Crippen LogP contribution is -2.15. The number of alkyl halides is 3. The Morgan fingerprint density at radius 1 is 1.44 bits per heavy atom. The zero-order valence-corrected chi connectivity index (χ0v) is 9.71. The van der Waals surface area contributed by atoms with E-state index >= 15 is 0 Å². The van der Waals surface area contributed by atoms with E-state index < -0.39 is 12.6 Å². The summed E-state index contributed by atoms with van der Waals surface area (Å²) in [5.74, 6) is -0.249. The summed E-state index contributed by atoms with van der Waals surface area (Å²) in [6.07, 6.45) is -5.28. The van der Waals surface area contributed by atoms with Crippen LogP contribution in [-0.4, -0.2) is 28.6 Å². The highest BCUT2D eigenvalue weighted by Gasteiger charge is 2.26. The molecule has 0 unspecified atom stereocenters. The van der Waals surface area contributed by atoms with E-state index in [0.717, 1.165) is 0 Å². The van der Waals surface area contributed by atoms with Crippen molar-refractivity contribution in [3.8, 4) is 6.01 Å². The monoisotopic (exact) mass is 262 g/mol. The molecule has 3 N–H and O–H groups in total. The Hall–Kier alpha value is -1.86. The third-order valence-electron chi connectivity index (χ3n) is 1.95. The van der Waals surface area contributed by atoms with Gasteiger partial charge in [0.25, 0.3) is 0 Å². The summed E-state index contributed by atoms with van der Waals surface area (Å²) in [5, 5.41) is 7.21. The van der Waals surface area contributed by atoms with E-state index in [1.165, 1.54) is 6.07 Å². The Bertz CT molecular complexity index is 434. The van der Waals surface area contributed by atoms with Crippen LogP contribution in [0.5, 0.6) is 6.01 Å². The topological polar surface area (TPSA) is 84.9 Å². The highest BCUT2D eigenvalue weighted by molar-refractivity contribution is 5.93. The molecule has 0 fully saturated rings. The van der Waals surface area contributed by atoms with Crippen LogP contribution in [-0.2, 0) is 0 Å². The molecule has 0 aromatic carbocycles. The van der Waals surface area contributed by atoms with E-state index in [1.807, 2.05) is 0 Å². The van der Waals surface area contributed by atoms with Gasteiger partial charge in [0.1, 0.15) is 11.5 Å². The van der Waals surface area contributed by atoms with Gasteiger partial charge in [-0.15, -0.1) is 0 Å². The fourth-order valence-corrected chi connectivity index (χ4v) is 1.18. The normalized spacial score (nSPS) is 11.3. The van der Waals surface area contributed by atoms with Gasteiger partial charge in [-0.1, -0.05) is 0 Å². The van der Waals surface area contributed by atoms with Gasteiger partial charge in [-0.25, -0.2) is 4.98 Å². The van der Waals surface area contributed by atoms with Crippen molar-refractivity contribution >= 4 is 5.84 Å². The first kappa shape index (κ1) is 14.2. The third kappa shape index (κ3) is 4.98. The van der Waals surface area contributed by atoms with E-state index in [0.29, 0.717) is 5.69 Å². The molecule has 0 radical (unpaired) electrons. The summed E-state index contributed by atoms with van der Waals surface area (Å²) in [6, 6.07) is 1.42. The Morgan fingerprint density at radius 2 is 2.11 bits per heavy atom. The minimum absolute atomic E-state index is 0.0672. The van der Waals surface area contributed by atoms with E-state index in [4.69, 9.17) is 15.9 Å². The van der Waals surface area contributed by atoms with Crippen molar-refractivity contribution in [2.24, 2.45) is 5.73 Å². The van der Waals surface area contributed by atoms with Crippen molar-refractivity contribution in [1.82, 2.24) is 9.97 Å². The molecule has 1 aromatic heterocycles. The summed E-state index contributed by atoms with van der Waals surface area (Å²) < 4.78 is 40.7. The molecular weight excluding hydrogens is 249 g/mol. The summed E-state index contributed by atoms with van der Waals surface area (Å²) in [7, 11) is 0. The van der Waals surface area contributed by atoms with Crippen LogP contribution in [0, 0.1) is 12.3 Å². The standard InChI is InChI=1S/C10H13F3N4O/c1-6-5-7(8(14)15)17-9(16-6)18-4-2-3-10(11,12)13/h5H,2-4H2,1H3,(H3,14,15). The fraction of sp³-hybridized carbons (Fsp3) is 0.500. The number of halogens is 3. The quantitative estimate of drug-likeness (QED) is 0.481. The first-order valence-corrected chi connectivity index (χ1v) is 5.17. The number of aromatic nitrogens is 2. The molecule has 0 aliphatic carbocycles. The number of amidine groups is 1. The van der Waals surface area contributed by atoms with Crippen molar-refractivity contribution < 1.29 is 17.9 Å². The van der Waals surface area contributed by atoms with Crippen LogP contribution in [0.2, 0.25) is 0 Å². The van der Waals surface area contributed by atoms with Crippen LogP contribution >= 0.6 is 0 Å². The number of nitrogens with two attached hydrogens (primary N) is 1. The van der Waals surface area contributed by atoms with Crippen molar-refractivity contribution in [1.29, 1.82) is 5.41 Å². The third-order valence-corrected chi connectivity index (χ3v) is 1.95. The van der Waals surface area contributed by atoms with E-state index in [9.17, 15) is 13.2 Å². The lowest BCUT2D eigenvalue weighted by molar-refractivity contribution is -0.136. The summed E-state index contributed by atoms with van der Waals surface area (Å²) >= 11 is 0. The van der Waals surface area contributed by atoms with Gasteiger partial charge < -0.3 is 10.5 Å². The summed E-state index contributed by atoms with van der Waals surface area (Å²) in [6.45, 7) is 1.51. The maximum absolute atomic E-state index is 11.9. The molecule has 0 aliphatic heterocycles. The molecule has 0 saturated heterocycles. The highest BCUT2D eigenvalue weighted by Crippen LogP contribution is 2.21. The second kappa shape index (κ2) is 5.65. The number of nitrogens with one attached hydrogen (secondary N) is 1. The number of nitrogen functional groups attached to an aromatic ring is 1. The van der Waals surface area contributed by atoms with Crippen LogP contribution in [0.3, 0.4) is 0 Å². The number of hydrogen-bond acceptors (Lipinski definition) is 4. The molecule has 0 atom stereocenters. The smallest absolute Gasteiger partial charge is 0.389 e. The molecule has 8 heteroatoms. The first-order chi connectivity index (χ1) is 8.28. The number of aryl methyl sites for hydroxylation is 1. The van der Waals surface area contributed by atoms with Gasteiger partial charge >= 0.3 is 12.2 Å². The van der Waals surface area contributed by atoms with Crippen molar-refractivity contribution in [3.05, 3.63) is 17.5 Å². The average Bonchev–Trinajstić information content (AvgIpc) is 2.22. The van der Waals surface area contributed by atoms with Crippen molar-refractivity contribution in [3.63, 3.8) is 0 Å². The zero-order chi connectivity index (χ0) is 13.8. The van der Waals surface area contributed by atoms with Crippen LogP contribution in [0.1, 0.15) is 24.2 Å². The van der Waals surface area contributed by atoms with Gasteiger partial charge in [0.15, 0.2) is 0 Å². The number of rotatable bonds is 5. The van der Waals surface area contributed by atoms with Gasteiger partial charge in [0.2, 0.25) is 0 Å². The van der Waals surface area contributed by atoms with Gasteiger partial charge in [0, 0.05) is 12.1 Å². The van der Waals surface area contributed by atoms with Crippen molar-refractivity contribution in [2.45, 2.75) is 25.9 Å². The maximum atomic E-state index is 11.9. The molecule has 5 nitrogen and oxygen atoms in total. The molecule has 0 spiro atoms. The predicted octanol–water partition coefficient (Wildman–Crippen LogP) is 1.79. The largest absolute Gasteiger partial charge is 0.463 e. The molecule has 1 aromatic rings. The SMILES string of the molecule is Cc1cc(C(=N)N)nc(OCCCC(F)(F)F)n1. The van der Waals surface area contributed by atoms with E-state index in [1.54, 1.807) is 6.92 Å². The maximum Gasteiger partial charge on any atom is 0.389 e. The van der Waals surface area contributed by atoms with Crippen molar-refractivity contribution in [2.75, 3.05) is 6.61 Å². The van der Waals surface area contributed by atoms with Crippen LogP contribution < -0.4 is 10.5 Å². The number of ether oxygens (including phenoxy) is 1. The summed E-state index contributed by atoms with van der Waals surface area (Å²) in [5.41, 5.74) is 5.97. The molecule has 1 heterocycles. The number of hydrogen-bond donors (Lipinski definition) is 2. The van der Waals surface area contributed by atoms with Crippen LogP contribution in [0.25, 0.3) is 0 Å².